The molecule has 19 heavy (non-hydrogen) atoms. The Balaban J connectivity index is 1.81. The van der Waals surface area contributed by atoms with Gasteiger partial charge in [0.15, 0.2) is 0 Å². The molecule has 0 bridgehead atoms. The lowest BCUT2D eigenvalue weighted by Gasteiger charge is -2.24. The van der Waals surface area contributed by atoms with Gasteiger partial charge in [0.05, 0.1) is 5.56 Å². The Hall–Kier alpha value is -1.42. The van der Waals surface area contributed by atoms with Gasteiger partial charge in [-0.25, -0.2) is 4.39 Å². The summed E-state index contributed by atoms with van der Waals surface area (Å²) in [6.07, 6.45) is 0.906. The van der Waals surface area contributed by atoms with E-state index in [9.17, 15) is 9.18 Å². The van der Waals surface area contributed by atoms with Crippen molar-refractivity contribution < 1.29 is 9.18 Å². The molecule has 1 N–H and O–H groups in total. The lowest BCUT2D eigenvalue weighted by molar-refractivity contribution is 0.0718. The van der Waals surface area contributed by atoms with Gasteiger partial charge in [-0.2, -0.15) is 0 Å². The van der Waals surface area contributed by atoms with E-state index in [0.29, 0.717) is 24.4 Å². The number of halogens is 1. The molecule has 1 amide bonds. The number of nitrogens with zero attached hydrogens (tertiary/aromatic N) is 1. The highest BCUT2D eigenvalue weighted by Crippen LogP contribution is 2.46. The van der Waals surface area contributed by atoms with E-state index in [1.807, 2.05) is 4.90 Å². The van der Waals surface area contributed by atoms with Crippen LogP contribution in [-0.2, 0) is 0 Å². The van der Waals surface area contributed by atoms with Gasteiger partial charge in [-0.3, -0.25) is 4.79 Å². The minimum absolute atomic E-state index is 0.153. The fourth-order valence-corrected chi connectivity index (χ4v) is 3.26. The largest absolute Gasteiger partial charge is 0.335 e. The topological polar surface area (TPSA) is 32.3 Å². The summed E-state index contributed by atoms with van der Waals surface area (Å²) in [7, 11) is 0. The molecule has 1 saturated heterocycles. The zero-order chi connectivity index (χ0) is 13.4. The molecule has 0 spiro atoms. The number of carbonyl (C=O) groups is 1. The highest BCUT2D eigenvalue weighted by molar-refractivity contribution is 5.95. The second-order valence-corrected chi connectivity index (χ2v) is 5.45. The Morgan fingerprint density at radius 3 is 2.68 bits per heavy atom. The van der Waals surface area contributed by atoms with Gasteiger partial charge < -0.3 is 10.2 Å². The zero-order valence-electron chi connectivity index (χ0n) is 11.1. The van der Waals surface area contributed by atoms with Crippen molar-refractivity contribution in [1.29, 1.82) is 0 Å². The van der Waals surface area contributed by atoms with Gasteiger partial charge in [-0.05, 0) is 30.4 Å². The van der Waals surface area contributed by atoms with Crippen molar-refractivity contribution >= 4 is 5.91 Å². The first-order valence-corrected chi connectivity index (χ1v) is 7.00. The van der Waals surface area contributed by atoms with E-state index in [1.54, 1.807) is 18.2 Å². The molecule has 1 heterocycles. The highest BCUT2D eigenvalue weighted by Gasteiger charge is 2.56. The molecule has 0 aromatic heterocycles. The Kier molecular flexibility index (Phi) is 3.27. The summed E-state index contributed by atoms with van der Waals surface area (Å²) in [6, 6.07) is 6.58. The maximum atomic E-state index is 13.8. The Labute approximate surface area is 112 Å². The summed E-state index contributed by atoms with van der Waals surface area (Å²) in [4.78, 5) is 14.4. The van der Waals surface area contributed by atoms with Crippen molar-refractivity contribution in [3.8, 4) is 0 Å². The van der Waals surface area contributed by atoms with Crippen LogP contribution in [0.15, 0.2) is 24.3 Å². The number of hydrogen-bond acceptors (Lipinski definition) is 2. The van der Waals surface area contributed by atoms with Crippen molar-refractivity contribution in [3.05, 3.63) is 35.6 Å². The Bertz CT molecular complexity index is 481. The first kappa shape index (κ1) is 12.6. The fourth-order valence-electron chi connectivity index (χ4n) is 3.26. The van der Waals surface area contributed by atoms with Gasteiger partial charge in [0.2, 0.25) is 0 Å². The van der Waals surface area contributed by atoms with E-state index in [-0.39, 0.29) is 11.5 Å². The molecule has 2 fully saturated rings. The quantitative estimate of drug-likeness (QED) is 0.898. The summed E-state index contributed by atoms with van der Waals surface area (Å²) in [6.45, 7) is 4.74. The summed E-state index contributed by atoms with van der Waals surface area (Å²) in [5.74, 6) is 0.571. The summed E-state index contributed by atoms with van der Waals surface area (Å²) < 4.78 is 13.8. The van der Waals surface area contributed by atoms with Crippen LogP contribution in [0.25, 0.3) is 0 Å². The monoisotopic (exact) mass is 262 g/mol. The molecular weight excluding hydrogens is 243 g/mol. The molecule has 2 aliphatic rings. The zero-order valence-corrected chi connectivity index (χ0v) is 11.1. The minimum atomic E-state index is -0.419. The molecule has 3 nitrogen and oxygen atoms in total. The number of piperidine rings is 1. The normalized spacial score (nSPS) is 28.0. The molecule has 3 atom stereocenters. The molecule has 1 aromatic rings. The average molecular weight is 262 g/mol. The first-order valence-electron chi connectivity index (χ1n) is 7.00. The molecule has 1 aromatic carbocycles. The van der Waals surface area contributed by atoms with E-state index in [2.05, 4.69) is 12.2 Å². The molecule has 1 unspecified atom stereocenters. The first-order chi connectivity index (χ1) is 9.24. The van der Waals surface area contributed by atoms with Crippen molar-refractivity contribution in [2.24, 2.45) is 11.8 Å². The number of carbonyl (C=O) groups excluding carboxylic acids is 1. The Morgan fingerprint density at radius 1 is 1.37 bits per heavy atom. The van der Waals surface area contributed by atoms with Gasteiger partial charge in [-0.15, -0.1) is 0 Å². The number of amides is 1. The van der Waals surface area contributed by atoms with Crippen LogP contribution < -0.4 is 5.32 Å². The van der Waals surface area contributed by atoms with Gasteiger partial charge in [-0.1, -0.05) is 19.1 Å². The lowest BCUT2D eigenvalue weighted by atomic mass is 10.1. The minimum Gasteiger partial charge on any atom is -0.335 e. The van der Waals surface area contributed by atoms with Gasteiger partial charge in [0.25, 0.3) is 5.91 Å². The van der Waals surface area contributed by atoms with Crippen LogP contribution in [0.5, 0.6) is 0 Å². The maximum absolute atomic E-state index is 13.8. The number of fused-ring (bicyclic) bond motifs is 1. The van der Waals surface area contributed by atoms with Crippen LogP contribution in [0.1, 0.15) is 23.7 Å². The molecular formula is C15H19FN2O. The predicted molar refractivity (Wildman–Crippen MR) is 71.4 cm³/mol. The van der Waals surface area contributed by atoms with E-state index < -0.39 is 5.82 Å². The SMILES string of the molecule is CCCN(C(=O)c1ccccc1F)C1[C@H]2CNC[C@@H]12. The van der Waals surface area contributed by atoms with Crippen LogP contribution in [0, 0.1) is 17.7 Å². The third-order valence-electron chi connectivity index (χ3n) is 4.24. The predicted octanol–water partition coefficient (Wildman–Crippen LogP) is 1.90. The molecule has 3 rings (SSSR count). The van der Waals surface area contributed by atoms with Gasteiger partial charge in [0, 0.05) is 25.7 Å². The molecule has 102 valence electrons. The van der Waals surface area contributed by atoms with Gasteiger partial charge >= 0.3 is 0 Å². The average Bonchev–Trinajstić information content (AvgIpc) is 2.87. The third kappa shape index (κ3) is 2.14. The molecule has 1 aliphatic carbocycles. The summed E-state index contributed by atoms with van der Waals surface area (Å²) in [5, 5.41) is 3.33. The van der Waals surface area contributed by atoms with Crippen LogP contribution in [-0.4, -0.2) is 36.5 Å². The molecule has 1 saturated carbocycles. The summed E-state index contributed by atoms with van der Waals surface area (Å²) >= 11 is 0. The van der Waals surface area contributed by atoms with Crippen molar-refractivity contribution in [1.82, 2.24) is 10.2 Å². The number of benzene rings is 1. The molecule has 1 aliphatic heterocycles. The Morgan fingerprint density at radius 2 is 2.05 bits per heavy atom. The van der Waals surface area contributed by atoms with Crippen LogP contribution in [0.4, 0.5) is 4.39 Å². The number of rotatable bonds is 4. The van der Waals surface area contributed by atoms with Crippen molar-refractivity contribution in [3.63, 3.8) is 0 Å². The van der Waals surface area contributed by atoms with E-state index in [0.717, 1.165) is 19.5 Å². The van der Waals surface area contributed by atoms with E-state index in [4.69, 9.17) is 0 Å². The fraction of sp³-hybridized carbons (Fsp3) is 0.533. The molecule has 4 heteroatoms. The van der Waals surface area contributed by atoms with Crippen LogP contribution >= 0.6 is 0 Å². The van der Waals surface area contributed by atoms with Gasteiger partial charge in [0.1, 0.15) is 5.82 Å². The summed E-state index contributed by atoms with van der Waals surface area (Å²) in [5.41, 5.74) is 0.203. The smallest absolute Gasteiger partial charge is 0.257 e. The lowest BCUT2D eigenvalue weighted by Crippen LogP contribution is -2.38. The molecule has 0 radical (unpaired) electrons. The third-order valence-corrected chi connectivity index (χ3v) is 4.24. The second-order valence-electron chi connectivity index (χ2n) is 5.45. The number of nitrogens with one attached hydrogen (secondary N) is 1. The second kappa shape index (κ2) is 4.93. The van der Waals surface area contributed by atoms with Crippen molar-refractivity contribution in [2.75, 3.05) is 19.6 Å². The number of hydrogen-bond donors (Lipinski definition) is 1. The standard InChI is InChI=1S/C15H19FN2O/c1-2-7-18(14-11-8-17-9-12(11)14)15(19)10-5-3-4-6-13(10)16/h3-6,11-12,14,17H,2,7-9H2,1H3/t11-,12+,14?. The van der Waals surface area contributed by atoms with Crippen LogP contribution in [0.2, 0.25) is 0 Å². The highest BCUT2D eigenvalue weighted by atomic mass is 19.1. The van der Waals surface area contributed by atoms with E-state index >= 15 is 0 Å². The van der Waals surface area contributed by atoms with Crippen LogP contribution in [0.3, 0.4) is 0 Å². The van der Waals surface area contributed by atoms with E-state index in [1.165, 1.54) is 6.07 Å². The van der Waals surface area contributed by atoms with Crippen molar-refractivity contribution in [2.45, 2.75) is 19.4 Å². The maximum Gasteiger partial charge on any atom is 0.257 e.